The number of ether oxygens (including phenoxy) is 3. The molecule has 0 amide bonds. The Bertz CT molecular complexity index is 1110. The number of rotatable bonds is 8. The Balaban J connectivity index is 2.29. The first kappa shape index (κ1) is 22.1. The van der Waals surface area contributed by atoms with Crippen LogP contribution in [0.15, 0.2) is 42.5 Å². The fourth-order valence-corrected chi connectivity index (χ4v) is 3.51. The molecule has 0 aliphatic carbocycles. The quantitative estimate of drug-likeness (QED) is 0.335. The van der Waals surface area contributed by atoms with Gasteiger partial charge in [0.15, 0.2) is 5.92 Å². The van der Waals surface area contributed by atoms with Crippen molar-refractivity contribution in [1.82, 2.24) is 4.98 Å². The predicted molar refractivity (Wildman–Crippen MR) is 115 cm³/mol. The Morgan fingerprint density at radius 2 is 1.65 bits per heavy atom. The Morgan fingerprint density at radius 1 is 0.968 bits per heavy atom. The molecule has 3 aromatic rings. The SMILES string of the molecule is CCOC(=O)C(C(=O)OCC)c1c(C(=O)c2cccc(C)c2)[nH]c2ccc(OC)cc12. The van der Waals surface area contributed by atoms with Crippen molar-refractivity contribution in [2.75, 3.05) is 20.3 Å². The van der Waals surface area contributed by atoms with Crippen LogP contribution in [0.2, 0.25) is 0 Å². The summed E-state index contributed by atoms with van der Waals surface area (Å²) >= 11 is 0. The second-order valence-corrected chi connectivity index (χ2v) is 6.96. The van der Waals surface area contributed by atoms with Crippen LogP contribution in [0.3, 0.4) is 0 Å². The van der Waals surface area contributed by atoms with E-state index >= 15 is 0 Å². The van der Waals surface area contributed by atoms with Crippen LogP contribution in [-0.4, -0.2) is 43.0 Å². The van der Waals surface area contributed by atoms with Crippen LogP contribution in [0.25, 0.3) is 10.9 Å². The Hall–Kier alpha value is -3.61. The number of hydrogen-bond acceptors (Lipinski definition) is 6. The van der Waals surface area contributed by atoms with E-state index in [1.54, 1.807) is 50.2 Å². The number of ketones is 1. The van der Waals surface area contributed by atoms with Crippen molar-refractivity contribution in [3.8, 4) is 5.75 Å². The van der Waals surface area contributed by atoms with Crippen LogP contribution in [0.1, 0.15) is 46.9 Å². The summed E-state index contributed by atoms with van der Waals surface area (Å²) in [4.78, 5) is 42.2. The summed E-state index contributed by atoms with van der Waals surface area (Å²) in [6.45, 7) is 5.35. The molecule has 0 aliphatic heterocycles. The highest BCUT2D eigenvalue weighted by atomic mass is 16.6. The predicted octanol–water partition coefficient (Wildman–Crippen LogP) is 3.93. The fourth-order valence-electron chi connectivity index (χ4n) is 3.51. The molecule has 31 heavy (non-hydrogen) atoms. The first-order valence-electron chi connectivity index (χ1n) is 10.0. The molecule has 0 fully saturated rings. The normalized spacial score (nSPS) is 10.9. The lowest BCUT2D eigenvalue weighted by Gasteiger charge is -2.16. The summed E-state index contributed by atoms with van der Waals surface area (Å²) in [6.07, 6.45) is 0. The summed E-state index contributed by atoms with van der Waals surface area (Å²) in [5.74, 6) is -2.78. The zero-order valence-corrected chi connectivity index (χ0v) is 18.0. The number of esters is 2. The third kappa shape index (κ3) is 4.45. The van der Waals surface area contributed by atoms with Gasteiger partial charge in [-0.1, -0.05) is 23.8 Å². The molecule has 7 heteroatoms. The number of aryl methyl sites for hydroxylation is 1. The molecule has 0 radical (unpaired) electrons. The van der Waals surface area contributed by atoms with Crippen LogP contribution in [0.5, 0.6) is 5.75 Å². The van der Waals surface area contributed by atoms with Gasteiger partial charge in [0.1, 0.15) is 5.75 Å². The average Bonchev–Trinajstić information content (AvgIpc) is 3.12. The number of methoxy groups -OCH3 is 1. The number of benzene rings is 2. The molecule has 0 spiro atoms. The highest BCUT2D eigenvalue weighted by molar-refractivity contribution is 6.16. The summed E-state index contributed by atoms with van der Waals surface area (Å²) in [5, 5.41) is 0.515. The molecule has 1 aromatic heterocycles. The molecule has 0 bridgehead atoms. The number of aromatic amines is 1. The van der Waals surface area contributed by atoms with Gasteiger partial charge in [0.25, 0.3) is 0 Å². The standard InChI is InChI=1S/C24H25NO6/c1-5-30-23(27)20(24(28)31-6-2)19-17-13-16(29-4)10-11-18(17)25-21(19)22(26)15-9-7-8-14(3)12-15/h7-13,20,25H,5-6H2,1-4H3. The largest absolute Gasteiger partial charge is 0.497 e. The minimum atomic E-state index is -1.41. The van der Waals surface area contributed by atoms with E-state index in [1.165, 1.54) is 7.11 Å². The lowest BCUT2D eigenvalue weighted by molar-refractivity contribution is -0.156. The number of fused-ring (bicyclic) bond motifs is 1. The molecule has 1 N–H and O–H groups in total. The molecule has 0 saturated carbocycles. The van der Waals surface area contributed by atoms with Crippen molar-refractivity contribution in [2.45, 2.75) is 26.7 Å². The van der Waals surface area contributed by atoms with Crippen LogP contribution in [0.4, 0.5) is 0 Å². The highest BCUT2D eigenvalue weighted by Gasteiger charge is 2.37. The maximum absolute atomic E-state index is 13.4. The van der Waals surface area contributed by atoms with Crippen LogP contribution in [-0.2, 0) is 19.1 Å². The molecule has 2 aromatic carbocycles. The van der Waals surface area contributed by atoms with Gasteiger partial charge in [-0.2, -0.15) is 0 Å². The molecule has 7 nitrogen and oxygen atoms in total. The van der Waals surface area contributed by atoms with Gasteiger partial charge in [-0.3, -0.25) is 14.4 Å². The van der Waals surface area contributed by atoms with Crippen molar-refractivity contribution in [1.29, 1.82) is 0 Å². The summed E-state index contributed by atoms with van der Waals surface area (Å²) in [6, 6.07) is 12.2. The zero-order valence-electron chi connectivity index (χ0n) is 18.0. The van der Waals surface area contributed by atoms with Gasteiger partial charge in [-0.05, 0) is 45.0 Å². The van der Waals surface area contributed by atoms with Crippen LogP contribution < -0.4 is 4.74 Å². The molecule has 162 valence electrons. The number of nitrogens with one attached hydrogen (secondary N) is 1. The average molecular weight is 423 g/mol. The van der Waals surface area contributed by atoms with Crippen LogP contribution in [0, 0.1) is 6.92 Å². The van der Waals surface area contributed by atoms with E-state index in [0.717, 1.165) is 5.56 Å². The summed E-state index contributed by atoms with van der Waals surface area (Å²) < 4.78 is 15.6. The van der Waals surface area contributed by atoms with E-state index in [2.05, 4.69) is 4.98 Å². The first-order chi connectivity index (χ1) is 14.9. The van der Waals surface area contributed by atoms with E-state index in [-0.39, 0.29) is 30.3 Å². The van der Waals surface area contributed by atoms with E-state index in [0.29, 0.717) is 22.2 Å². The molecule has 0 saturated heterocycles. The van der Waals surface area contributed by atoms with Gasteiger partial charge >= 0.3 is 11.9 Å². The fraction of sp³-hybridized carbons (Fsp3) is 0.292. The van der Waals surface area contributed by atoms with Crippen molar-refractivity contribution in [3.63, 3.8) is 0 Å². The molecule has 0 aliphatic rings. The van der Waals surface area contributed by atoms with Crippen molar-refractivity contribution in [3.05, 3.63) is 64.8 Å². The lowest BCUT2D eigenvalue weighted by atomic mass is 9.92. The number of H-pyrrole nitrogens is 1. The Kier molecular flexibility index (Phi) is 6.74. The van der Waals surface area contributed by atoms with E-state index in [1.807, 2.05) is 13.0 Å². The minimum absolute atomic E-state index is 0.0849. The van der Waals surface area contributed by atoms with E-state index < -0.39 is 17.9 Å². The molecular formula is C24H25NO6. The van der Waals surface area contributed by atoms with Gasteiger partial charge in [-0.15, -0.1) is 0 Å². The number of carbonyl (C=O) groups excluding carboxylic acids is 3. The number of carbonyl (C=O) groups is 3. The molecule has 0 unspecified atom stereocenters. The third-order valence-electron chi connectivity index (χ3n) is 4.89. The second kappa shape index (κ2) is 9.47. The molecule has 1 heterocycles. The van der Waals surface area contributed by atoms with Gasteiger partial charge in [-0.25, -0.2) is 0 Å². The number of hydrogen-bond donors (Lipinski definition) is 1. The topological polar surface area (TPSA) is 94.7 Å². The Labute approximate surface area is 180 Å². The van der Waals surface area contributed by atoms with Gasteiger partial charge in [0, 0.05) is 22.0 Å². The zero-order chi connectivity index (χ0) is 22.5. The molecule has 3 rings (SSSR count). The highest BCUT2D eigenvalue weighted by Crippen LogP contribution is 2.35. The Morgan fingerprint density at radius 3 is 2.23 bits per heavy atom. The number of aromatic nitrogens is 1. The van der Waals surface area contributed by atoms with Gasteiger partial charge in [0.2, 0.25) is 5.78 Å². The maximum Gasteiger partial charge on any atom is 0.324 e. The third-order valence-corrected chi connectivity index (χ3v) is 4.89. The molecule has 0 atom stereocenters. The second-order valence-electron chi connectivity index (χ2n) is 6.96. The first-order valence-corrected chi connectivity index (χ1v) is 10.0. The summed E-state index contributed by atoms with van der Waals surface area (Å²) in [7, 11) is 1.51. The van der Waals surface area contributed by atoms with Crippen LogP contribution >= 0.6 is 0 Å². The smallest absolute Gasteiger partial charge is 0.324 e. The van der Waals surface area contributed by atoms with E-state index in [4.69, 9.17) is 14.2 Å². The minimum Gasteiger partial charge on any atom is -0.497 e. The van der Waals surface area contributed by atoms with Crippen molar-refractivity contribution < 1.29 is 28.6 Å². The van der Waals surface area contributed by atoms with Gasteiger partial charge < -0.3 is 19.2 Å². The summed E-state index contributed by atoms with van der Waals surface area (Å²) in [5.41, 5.74) is 2.30. The van der Waals surface area contributed by atoms with Crippen molar-refractivity contribution >= 4 is 28.6 Å². The van der Waals surface area contributed by atoms with Crippen molar-refractivity contribution in [2.24, 2.45) is 0 Å². The van der Waals surface area contributed by atoms with Gasteiger partial charge in [0.05, 0.1) is 26.0 Å². The maximum atomic E-state index is 13.4. The molecular weight excluding hydrogens is 398 g/mol. The monoisotopic (exact) mass is 423 g/mol. The lowest BCUT2D eigenvalue weighted by Crippen LogP contribution is -2.27. The van der Waals surface area contributed by atoms with E-state index in [9.17, 15) is 14.4 Å².